The number of hydrogen-bond acceptors (Lipinski definition) is 4. The fourth-order valence-electron chi connectivity index (χ4n) is 3.50. The molecule has 3 rings (SSSR count). The van der Waals surface area contributed by atoms with Crippen LogP contribution in [0, 0.1) is 11.6 Å². The lowest BCUT2D eigenvalue weighted by atomic mass is 10.0. The molecule has 1 N–H and O–H groups in total. The average Bonchev–Trinajstić information content (AvgIpc) is 2.89. The molecule has 28 heavy (non-hydrogen) atoms. The normalized spacial score (nSPS) is 17.6. The first kappa shape index (κ1) is 20.9. The number of rotatable bonds is 7. The Morgan fingerprint density at radius 2 is 1.46 bits per heavy atom. The molecule has 0 spiro atoms. The Labute approximate surface area is 165 Å². The molecule has 2 aromatic carbocycles. The molecule has 0 aliphatic carbocycles. The maximum absolute atomic E-state index is 13.3. The molecule has 0 bridgehead atoms. The first-order valence-electron chi connectivity index (χ1n) is 9.73. The molecule has 4 nitrogen and oxygen atoms in total. The Hall–Kier alpha value is -1.86. The quantitative estimate of drug-likeness (QED) is 0.788. The van der Waals surface area contributed by atoms with Crippen molar-refractivity contribution in [2.24, 2.45) is 0 Å². The van der Waals surface area contributed by atoms with Crippen LogP contribution in [0.3, 0.4) is 0 Å². The number of aliphatic hydroxyl groups is 1. The molecule has 2 aromatic rings. The highest BCUT2D eigenvalue weighted by molar-refractivity contribution is 5.30. The van der Waals surface area contributed by atoms with Crippen LogP contribution in [0.1, 0.15) is 23.7 Å². The van der Waals surface area contributed by atoms with Gasteiger partial charge in [0.1, 0.15) is 17.7 Å². The third-order valence-corrected chi connectivity index (χ3v) is 5.08. The molecule has 1 saturated heterocycles. The largest absolute Gasteiger partial charge is 0.389 e. The molecule has 0 radical (unpaired) electrons. The van der Waals surface area contributed by atoms with Crippen LogP contribution in [0.25, 0.3) is 0 Å². The molecule has 0 amide bonds. The van der Waals surface area contributed by atoms with Crippen LogP contribution in [-0.4, -0.2) is 67.4 Å². The van der Waals surface area contributed by atoms with Crippen LogP contribution in [0.5, 0.6) is 0 Å². The molecule has 1 atom stereocenters. The molecule has 0 saturated carbocycles. The van der Waals surface area contributed by atoms with E-state index in [-0.39, 0.29) is 18.2 Å². The van der Waals surface area contributed by atoms with Gasteiger partial charge in [0.05, 0.1) is 12.7 Å². The second-order valence-corrected chi connectivity index (χ2v) is 7.43. The van der Waals surface area contributed by atoms with E-state index in [9.17, 15) is 13.9 Å². The lowest BCUT2D eigenvalue weighted by molar-refractivity contribution is -0.00788. The Balaban J connectivity index is 1.64. The van der Waals surface area contributed by atoms with Gasteiger partial charge in [0.15, 0.2) is 0 Å². The van der Waals surface area contributed by atoms with Crippen molar-refractivity contribution >= 4 is 0 Å². The van der Waals surface area contributed by atoms with E-state index in [1.165, 1.54) is 24.3 Å². The summed E-state index contributed by atoms with van der Waals surface area (Å²) < 4.78 is 32.6. The maximum atomic E-state index is 13.3. The van der Waals surface area contributed by atoms with Gasteiger partial charge in [0, 0.05) is 19.6 Å². The minimum atomic E-state index is -0.633. The topological polar surface area (TPSA) is 35.9 Å². The van der Waals surface area contributed by atoms with Crippen LogP contribution in [0.2, 0.25) is 0 Å². The first-order valence-corrected chi connectivity index (χ1v) is 9.73. The second kappa shape index (κ2) is 10.1. The predicted octanol–water partition coefficient (Wildman–Crippen LogP) is 3.07. The van der Waals surface area contributed by atoms with Gasteiger partial charge in [-0.25, -0.2) is 8.78 Å². The molecular formula is C22H28F2N2O2. The third kappa shape index (κ3) is 6.07. The molecule has 1 aliphatic heterocycles. The molecule has 1 fully saturated rings. The standard InChI is InChI=1S/C22H28F2N2O2/c1-25-11-2-12-26(14-13-25)15-21(27)16-28-22(17-3-7-19(23)8-4-17)18-5-9-20(24)10-6-18/h3-10,21-22,27H,2,11-16H2,1H3/t21-/m0/s1. The number of hydrogen-bond donors (Lipinski definition) is 1. The summed E-state index contributed by atoms with van der Waals surface area (Å²) in [5, 5.41) is 10.5. The molecule has 6 heteroatoms. The number of β-amino-alcohol motifs (C(OH)–C–C–N with tert-alkyl or cyclic N) is 1. The Morgan fingerprint density at radius 1 is 0.893 bits per heavy atom. The zero-order chi connectivity index (χ0) is 19.9. The number of benzene rings is 2. The fraction of sp³-hybridized carbons (Fsp3) is 0.455. The van der Waals surface area contributed by atoms with Crippen molar-refractivity contribution in [3.05, 3.63) is 71.3 Å². The number of likely N-dealkylation sites (N-methyl/N-ethyl adjacent to an activating group) is 1. The van der Waals surface area contributed by atoms with E-state index < -0.39 is 12.2 Å². The summed E-state index contributed by atoms with van der Waals surface area (Å²) in [5.74, 6) is -0.652. The summed E-state index contributed by atoms with van der Waals surface area (Å²) in [6.07, 6.45) is -0.0457. The zero-order valence-corrected chi connectivity index (χ0v) is 16.2. The van der Waals surface area contributed by atoms with Gasteiger partial charge in [-0.05, 0) is 62.0 Å². The zero-order valence-electron chi connectivity index (χ0n) is 16.2. The SMILES string of the molecule is CN1CCCN(C[C@H](O)COC(c2ccc(F)cc2)c2ccc(F)cc2)CC1. The van der Waals surface area contributed by atoms with Crippen molar-refractivity contribution in [3.8, 4) is 0 Å². The van der Waals surface area contributed by atoms with Gasteiger partial charge in [-0.3, -0.25) is 4.90 Å². The van der Waals surface area contributed by atoms with Gasteiger partial charge in [0.25, 0.3) is 0 Å². The summed E-state index contributed by atoms with van der Waals surface area (Å²) in [6, 6.07) is 12.1. The first-order chi connectivity index (χ1) is 13.5. The van der Waals surface area contributed by atoms with Crippen molar-refractivity contribution < 1.29 is 18.6 Å². The molecule has 0 unspecified atom stereocenters. The second-order valence-electron chi connectivity index (χ2n) is 7.43. The highest BCUT2D eigenvalue weighted by Gasteiger charge is 2.20. The Kier molecular flexibility index (Phi) is 7.50. The van der Waals surface area contributed by atoms with E-state index in [0.29, 0.717) is 6.54 Å². The van der Waals surface area contributed by atoms with Gasteiger partial charge in [0.2, 0.25) is 0 Å². The summed E-state index contributed by atoms with van der Waals surface area (Å²) in [7, 11) is 2.11. The van der Waals surface area contributed by atoms with Crippen LogP contribution >= 0.6 is 0 Å². The molecular weight excluding hydrogens is 362 g/mol. The van der Waals surface area contributed by atoms with Crippen LogP contribution in [0.4, 0.5) is 8.78 Å². The average molecular weight is 390 g/mol. The van der Waals surface area contributed by atoms with Crippen molar-refractivity contribution in [3.63, 3.8) is 0 Å². The predicted molar refractivity (Wildman–Crippen MR) is 105 cm³/mol. The fourth-order valence-corrected chi connectivity index (χ4v) is 3.50. The monoisotopic (exact) mass is 390 g/mol. The van der Waals surface area contributed by atoms with Crippen LogP contribution < -0.4 is 0 Å². The summed E-state index contributed by atoms with van der Waals surface area (Å²) in [6.45, 7) is 4.63. The molecule has 1 heterocycles. The highest BCUT2D eigenvalue weighted by atomic mass is 19.1. The third-order valence-electron chi connectivity index (χ3n) is 5.08. The van der Waals surface area contributed by atoms with Crippen molar-refractivity contribution in [2.75, 3.05) is 46.4 Å². The lowest BCUT2D eigenvalue weighted by Crippen LogP contribution is -2.37. The van der Waals surface area contributed by atoms with E-state index in [2.05, 4.69) is 16.8 Å². The van der Waals surface area contributed by atoms with E-state index >= 15 is 0 Å². The Morgan fingerprint density at radius 3 is 2.04 bits per heavy atom. The number of aliphatic hydroxyl groups excluding tert-OH is 1. The number of ether oxygens (including phenoxy) is 1. The van der Waals surface area contributed by atoms with E-state index in [1.807, 2.05) is 0 Å². The van der Waals surface area contributed by atoms with Gasteiger partial charge in [-0.2, -0.15) is 0 Å². The van der Waals surface area contributed by atoms with Crippen molar-refractivity contribution in [2.45, 2.75) is 18.6 Å². The lowest BCUT2D eigenvalue weighted by Gasteiger charge is -2.25. The number of halogens is 2. The minimum Gasteiger partial charge on any atom is -0.389 e. The maximum Gasteiger partial charge on any atom is 0.123 e. The van der Waals surface area contributed by atoms with E-state index in [0.717, 1.165) is 43.7 Å². The van der Waals surface area contributed by atoms with Gasteiger partial charge >= 0.3 is 0 Å². The molecule has 152 valence electrons. The van der Waals surface area contributed by atoms with Gasteiger partial charge in [-0.1, -0.05) is 24.3 Å². The smallest absolute Gasteiger partial charge is 0.123 e. The summed E-state index contributed by atoms with van der Waals surface area (Å²) in [5.41, 5.74) is 1.52. The van der Waals surface area contributed by atoms with Crippen LogP contribution in [0.15, 0.2) is 48.5 Å². The van der Waals surface area contributed by atoms with E-state index in [4.69, 9.17) is 4.74 Å². The number of nitrogens with zero attached hydrogens (tertiary/aromatic N) is 2. The highest BCUT2D eigenvalue weighted by Crippen LogP contribution is 2.27. The van der Waals surface area contributed by atoms with Gasteiger partial charge < -0.3 is 14.7 Å². The summed E-state index contributed by atoms with van der Waals surface area (Å²) in [4.78, 5) is 4.55. The van der Waals surface area contributed by atoms with Crippen LogP contribution in [-0.2, 0) is 4.74 Å². The van der Waals surface area contributed by atoms with Crippen molar-refractivity contribution in [1.82, 2.24) is 9.80 Å². The minimum absolute atomic E-state index is 0.145. The van der Waals surface area contributed by atoms with Gasteiger partial charge in [-0.15, -0.1) is 0 Å². The Bertz CT molecular complexity index is 679. The summed E-state index contributed by atoms with van der Waals surface area (Å²) >= 11 is 0. The molecule has 0 aromatic heterocycles. The molecule has 1 aliphatic rings. The van der Waals surface area contributed by atoms with E-state index in [1.54, 1.807) is 24.3 Å². The van der Waals surface area contributed by atoms with Crippen molar-refractivity contribution in [1.29, 1.82) is 0 Å².